The van der Waals surface area contributed by atoms with Crippen molar-refractivity contribution >= 4 is 63.5 Å². The van der Waals surface area contributed by atoms with Crippen LogP contribution in [-0.4, -0.2) is 79.1 Å². The molecule has 444 valence electrons. The molecule has 9 nitrogen and oxygen atoms in total. The molecule has 0 atom stereocenters. The molecule has 23 heteroatoms. The van der Waals surface area contributed by atoms with E-state index in [1.165, 1.54) is 6.07 Å². The summed E-state index contributed by atoms with van der Waals surface area (Å²) in [6, 6.07) is 14.1. The molecule has 0 unspecified atom stereocenters. The van der Waals surface area contributed by atoms with Gasteiger partial charge in [-0.15, -0.1) is 24.0 Å². The van der Waals surface area contributed by atoms with Crippen LogP contribution in [0.1, 0.15) is 147 Å². The monoisotopic (exact) mass is 1190 g/mol. The first-order valence-electron chi connectivity index (χ1n) is 25.2. The number of esters is 1. The van der Waals surface area contributed by atoms with Crippen LogP contribution in [0.15, 0.2) is 81.6 Å². The summed E-state index contributed by atoms with van der Waals surface area (Å²) in [5, 5.41) is 0.611. The summed E-state index contributed by atoms with van der Waals surface area (Å²) in [4.78, 5) is 42.1. The van der Waals surface area contributed by atoms with Gasteiger partial charge in [-0.25, -0.2) is 0 Å². The molecule has 0 aliphatic rings. The van der Waals surface area contributed by atoms with Crippen molar-refractivity contribution in [2.24, 2.45) is 0 Å². The normalized spacial score (nSPS) is 11.9. The van der Waals surface area contributed by atoms with Crippen LogP contribution >= 0.6 is 24.0 Å². The maximum absolute atomic E-state index is 14.0. The fourth-order valence-electron chi connectivity index (χ4n) is 8.25. The van der Waals surface area contributed by atoms with E-state index in [-0.39, 0.29) is 85.2 Å². The van der Waals surface area contributed by atoms with E-state index in [9.17, 15) is 67.1 Å². The number of likely N-dealkylation sites (N-methyl/N-ethyl adjacent to an activating group) is 1. The Morgan fingerprint density at radius 1 is 0.537 bits per heavy atom. The number of hydrogen-bond donors (Lipinski definition) is 0. The second-order valence-corrected chi connectivity index (χ2v) is 18.0. The minimum atomic E-state index is -5.33. The number of ether oxygens (including phenoxy) is 2. The van der Waals surface area contributed by atoms with Crippen LogP contribution in [0.3, 0.4) is 0 Å². The highest BCUT2D eigenvalue weighted by Gasteiger charge is 2.45. The summed E-state index contributed by atoms with van der Waals surface area (Å²) in [7, 11) is 0. The molecule has 2 heterocycles. The lowest BCUT2D eigenvalue weighted by molar-refractivity contribution is -0.149. The lowest BCUT2D eigenvalue weighted by Crippen LogP contribution is -2.28. The number of hydrogen-bond acceptors (Lipinski definition) is 9. The Morgan fingerprint density at radius 3 is 1.18 bits per heavy atom. The highest BCUT2D eigenvalue weighted by Crippen LogP contribution is 2.48. The van der Waals surface area contributed by atoms with Crippen molar-refractivity contribution in [3.8, 4) is 11.5 Å². The number of rotatable bonds is 21. The molecule has 0 bridgehead atoms. The topological polar surface area (TPSA) is 102 Å². The van der Waals surface area contributed by atoms with Crippen LogP contribution in [0.25, 0.3) is 21.9 Å². The van der Waals surface area contributed by atoms with Crippen molar-refractivity contribution in [1.29, 1.82) is 0 Å². The predicted molar refractivity (Wildman–Crippen MR) is 286 cm³/mol. The van der Waals surface area contributed by atoms with Gasteiger partial charge in [-0.1, -0.05) is 98.2 Å². The molecule has 0 saturated carbocycles. The van der Waals surface area contributed by atoms with Gasteiger partial charge in [-0.2, -0.15) is 52.7 Å². The third-order valence-corrected chi connectivity index (χ3v) is 12.5. The van der Waals surface area contributed by atoms with Gasteiger partial charge < -0.3 is 28.1 Å². The Balaban J connectivity index is 0.000000472. The predicted octanol–water partition coefficient (Wildman–Crippen LogP) is 17.4. The lowest BCUT2D eigenvalue weighted by atomic mass is 9.94. The molecule has 0 aliphatic carbocycles. The first kappa shape index (κ1) is 70.3. The number of ketones is 2. The summed E-state index contributed by atoms with van der Waals surface area (Å²) in [5.74, 6) is -5.26. The second-order valence-electron chi connectivity index (χ2n) is 17.6. The van der Waals surface area contributed by atoms with Crippen LogP contribution in [-0.2, 0) is 42.3 Å². The van der Waals surface area contributed by atoms with Gasteiger partial charge in [0.1, 0.15) is 35.0 Å². The van der Waals surface area contributed by atoms with Gasteiger partial charge in [-0.3, -0.25) is 14.4 Å². The standard InChI is InChI=1S/C27H29F6NO3.C23H18F6O4.C6H14ClN.CH4.ClH/c1-4-7-11-22-23(18-10-8-9-12-21(18)37-22)24(35)17-15-19(26(28,29)30)25(20(16-17)27(31,32)33)36-14-13-34(5-2)6-3;1-3-4-8-18-19(14-7-5-6-9-17(14)33-18)20(31)13-10-15(22(24,25)26)21(32-12(2)30)16(11-13)23(27,28)29;1-3-8(4-2)6-5-7;;/h8-10,12,15-16H,4-7,11,13-14H2,1-3H3;5-7,9-11H,3-4,8H2,1-2H3;3-6H2,1-2H3;1H4;1H. The van der Waals surface area contributed by atoms with Crippen molar-refractivity contribution in [2.45, 2.75) is 119 Å². The molecular formula is C57H66Cl2F12N2O7. The number of carbonyl (C=O) groups excluding carboxylic acids is 3. The Hall–Kier alpha value is -5.77. The van der Waals surface area contributed by atoms with E-state index < -0.39 is 87.1 Å². The number of fused-ring (bicyclic) bond motifs is 2. The largest absolute Gasteiger partial charge is 0.491 e. The van der Waals surface area contributed by atoms with Crippen molar-refractivity contribution in [3.63, 3.8) is 0 Å². The average Bonchev–Trinajstić information content (AvgIpc) is 3.94. The first-order valence-corrected chi connectivity index (χ1v) is 25.7. The minimum absolute atomic E-state index is 0. The zero-order chi connectivity index (χ0) is 58.3. The van der Waals surface area contributed by atoms with Crippen molar-refractivity contribution < 1.29 is 85.4 Å². The number of benzene rings is 4. The van der Waals surface area contributed by atoms with E-state index in [1.54, 1.807) is 47.4 Å². The van der Waals surface area contributed by atoms with Crippen LogP contribution in [0.2, 0.25) is 0 Å². The molecule has 0 fully saturated rings. The molecule has 6 aromatic rings. The maximum Gasteiger partial charge on any atom is 0.420 e. The molecule has 6 rings (SSSR count). The number of furan rings is 2. The van der Waals surface area contributed by atoms with E-state index in [0.29, 0.717) is 62.4 Å². The summed E-state index contributed by atoms with van der Waals surface area (Å²) in [6.45, 7) is 16.5. The molecule has 0 radical (unpaired) electrons. The molecule has 0 N–H and O–H groups in total. The average molecular weight is 1190 g/mol. The van der Waals surface area contributed by atoms with Gasteiger partial charge in [0.2, 0.25) is 0 Å². The Bertz CT molecular complexity index is 2890. The summed E-state index contributed by atoms with van der Waals surface area (Å²) in [5.41, 5.74) is -8.13. The van der Waals surface area contributed by atoms with E-state index in [1.807, 2.05) is 27.7 Å². The van der Waals surface area contributed by atoms with Crippen LogP contribution in [0, 0.1) is 0 Å². The third-order valence-electron chi connectivity index (χ3n) is 12.3. The van der Waals surface area contributed by atoms with Crippen LogP contribution in [0.4, 0.5) is 52.7 Å². The van der Waals surface area contributed by atoms with Crippen molar-refractivity contribution in [2.75, 3.05) is 51.8 Å². The third kappa shape index (κ3) is 18.4. The van der Waals surface area contributed by atoms with Gasteiger partial charge in [-0.05, 0) is 75.4 Å². The summed E-state index contributed by atoms with van der Waals surface area (Å²) in [6.07, 6.45) is -17.8. The zero-order valence-electron chi connectivity index (χ0n) is 44.4. The summed E-state index contributed by atoms with van der Waals surface area (Å²) < 4.78 is 187. The molecule has 0 spiro atoms. The van der Waals surface area contributed by atoms with Gasteiger partial charge in [0.05, 0.1) is 33.4 Å². The first-order chi connectivity index (χ1) is 36.6. The molecule has 80 heavy (non-hydrogen) atoms. The van der Waals surface area contributed by atoms with E-state index in [2.05, 4.69) is 23.5 Å². The fourth-order valence-corrected chi connectivity index (χ4v) is 8.49. The molecule has 0 aliphatic heterocycles. The number of aryl methyl sites for hydroxylation is 2. The molecule has 0 amide bonds. The fraction of sp³-hybridized carbons (Fsp3) is 0.456. The Labute approximate surface area is 468 Å². The van der Waals surface area contributed by atoms with Crippen LogP contribution in [0.5, 0.6) is 11.5 Å². The second kappa shape index (κ2) is 30.9. The van der Waals surface area contributed by atoms with E-state index in [4.69, 9.17) is 25.2 Å². The SMILES string of the molecule is C.CCCCc1oc2ccccc2c1C(=O)c1cc(C(F)(F)F)c(OC(C)=O)c(C(F)(F)F)c1.CCCCc1oc2ccccc2c1C(=O)c1cc(C(F)(F)F)c(OCCN(CC)CC)c(C(F)(F)F)c1.CCN(CC)CCCl.Cl. The zero-order valence-corrected chi connectivity index (χ0v) is 46.0. The highest BCUT2D eigenvalue weighted by molar-refractivity contribution is 6.18. The van der Waals surface area contributed by atoms with Crippen molar-refractivity contribution in [3.05, 3.63) is 129 Å². The van der Waals surface area contributed by atoms with Crippen molar-refractivity contribution in [1.82, 2.24) is 9.80 Å². The number of nitrogens with zero attached hydrogens (tertiary/aromatic N) is 2. The van der Waals surface area contributed by atoms with Gasteiger partial charge in [0.25, 0.3) is 0 Å². The van der Waals surface area contributed by atoms with E-state index >= 15 is 0 Å². The van der Waals surface area contributed by atoms with E-state index in [0.717, 1.165) is 38.4 Å². The minimum Gasteiger partial charge on any atom is -0.491 e. The van der Waals surface area contributed by atoms with Crippen LogP contribution < -0.4 is 9.47 Å². The number of halogens is 14. The smallest absolute Gasteiger partial charge is 0.420 e. The van der Waals surface area contributed by atoms with Gasteiger partial charge in [0.15, 0.2) is 17.3 Å². The molecular weight excluding hydrogens is 1120 g/mol. The number of para-hydroxylation sites is 2. The lowest BCUT2D eigenvalue weighted by Gasteiger charge is -2.23. The van der Waals surface area contributed by atoms with Gasteiger partial charge >= 0.3 is 30.7 Å². The Kier molecular flexibility index (Phi) is 27.1. The Morgan fingerprint density at radius 2 is 0.875 bits per heavy atom. The molecule has 2 aromatic heterocycles. The number of unbranched alkanes of at least 4 members (excludes halogenated alkanes) is 2. The number of carbonyl (C=O) groups is 3. The van der Waals surface area contributed by atoms with Gasteiger partial charge in [0, 0.05) is 60.6 Å². The number of alkyl halides is 13. The summed E-state index contributed by atoms with van der Waals surface area (Å²) >= 11 is 5.51. The quantitative estimate of drug-likeness (QED) is 0.0229. The highest BCUT2D eigenvalue weighted by atomic mass is 35.5. The molecule has 0 saturated heterocycles. The molecule has 4 aromatic carbocycles. The maximum atomic E-state index is 14.0.